The molecule has 3 rings (SSSR count). The van der Waals surface area contributed by atoms with Gasteiger partial charge in [0.1, 0.15) is 11.4 Å². The lowest BCUT2D eigenvalue weighted by Crippen LogP contribution is -2.42. The summed E-state index contributed by atoms with van der Waals surface area (Å²) in [6.07, 6.45) is 4.73. The second kappa shape index (κ2) is 9.47. The van der Waals surface area contributed by atoms with Gasteiger partial charge in [-0.1, -0.05) is 0 Å². The van der Waals surface area contributed by atoms with Crippen LogP contribution in [0.5, 0.6) is 0 Å². The van der Waals surface area contributed by atoms with Crippen molar-refractivity contribution < 1.29 is 19.1 Å². The van der Waals surface area contributed by atoms with Crippen molar-refractivity contribution in [1.29, 1.82) is 0 Å². The molecule has 0 aliphatic carbocycles. The summed E-state index contributed by atoms with van der Waals surface area (Å²) in [5.41, 5.74) is 1.20. The highest BCUT2D eigenvalue weighted by molar-refractivity contribution is 5.93. The van der Waals surface area contributed by atoms with Crippen LogP contribution in [-0.2, 0) is 25.6 Å². The topological polar surface area (TPSA) is 84.0 Å². The van der Waals surface area contributed by atoms with Crippen LogP contribution in [0.25, 0.3) is 6.08 Å². The number of nitrogens with one attached hydrogen (secondary N) is 1. The van der Waals surface area contributed by atoms with Crippen LogP contribution in [0.2, 0.25) is 0 Å². The van der Waals surface area contributed by atoms with Gasteiger partial charge in [-0.25, -0.2) is 9.78 Å². The smallest absolute Gasteiger partial charge is 0.331 e. The Morgan fingerprint density at radius 1 is 1.24 bits per heavy atom. The van der Waals surface area contributed by atoms with Gasteiger partial charge >= 0.3 is 5.97 Å². The molecule has 1 N–H and O–H groups in total. The predicted octanol–water partition coefficient (Wildman–Crippen LogP) is 1.52. The van der Waals surface area contributed by atoms with E-state index in [9.17, 15) is 9.59 Å². The number of nitrogens with zero attached hydrogens (tertiary/aromatic N) is 3. The van der Waals surface area contributed by atoms with E-state index < -0.39 is 11.6 Å². The lowest BCUT2D eigenvalue weighted by atomic mass is 10.1. The molecule has 158 valence electrons. The summed E-state index contributed by atoms with van der Waals surface area (Å²) >= 11 is 0. The SMILES string of the molecule is CC(C)(C)OC(=O)C=Cc1cnc2c(c1)CN(CCN1CCOCC1)CC(=O)N2. The molecule has 0 aromatic carbocycles. The maximum atomic E-state index is 12.2. The number of carbonyl (C=O) groups excluding carboxylic acids is 2. The summed E-state index contributed by atoms with van der Waals surface area (Å²) < 4.78 is 10.7. The predicted molar refractivity (Wildman–Crippen MR) is 110 cm³/mol. The molecule has 1 amide bonds. The van der Waals surface area contributed by atoms with E-state index in [1.54, 1.807) is 12.3 Å². The van der Waals surface area contributed by atoms with Gasteiger partial charge in [0.05, 0.1) is 19.8 Å². The number of esters is 1. The molecule has 0 spiro atoms. The zero-order valence-electron chi connectivity index (χ0n) is 17.4. The summed E-state index contributed by atoms with van der Waals surface area (Å²) in [6.45, 7) is 11.5. The highest BCUT2D eigenvalue weighted by Gasteiger charge is 2.21. The van der Waals surface area contributed by atoms with E-state index in [1.165, 1.54) is 6.08 Å². The summed E-state index contributed by atoms with van der Waals surface area (Å²) in [5, 5.41) is 2.87. The zero-order chi connectivity index (χ0) is 20.9. The first kappa shape index (κ1) is 21.4. The Bertz CT molecular complexity index is 766. The second-order valence-electron chi connectivity index (χ2n) is 8.36. The number of aromatic nitrogens is 1. The Kier molecular flexibility index (Phi) is 7.00. The van der Waals surface area contributed by atoms with Gasteiger partial charge in [0, 0.05) is 50.6 Å². The largest absolute Gasteiger partial charge is 0.457 e. The average Bonchev–Trinajstić information content (AvgIpc) is 2.81. The third kappa shape index (κ3) is 6.92. The molecular formula is C21H30N4O4. The molecule has 0 saturated carbocycles. The van der Waals surface area contributed by atoms with Crippen LogP contribution in [-0.4, -0.2) is 78.2 Å². The first-order valence-corrected chi connectivity index (χ1v) is 10.0. The number of hydrogen-bond acceptors (Lipinski definition) is 7. The van der Waals surface area contributed by atoms with Crippen molar-refractivity contribution in [3.05, 3.63) is 29.5 Å². The van der Waals surface area contributed by atoms with Gasteiger partial charge in [0.25, 0.3) is 0 Å². The average molecular weight is 402 g/mol. The molecule has 1 saturated heterocycles. The van der Waals surface area contributed by atoms with Gasteiger partial charge in [-0.15, -0.1) is 0 Å². The number of carbonyl (C=O) groups is 2. The van der Waals surface area contributed by atoms with Crippen LogP contribution in [0, 0.1) is 0 Å². The molecular weight excluding hydrogens is 372 g/mol. The van der Waals surface area contributed by atoms with Gasteiger partial charge in [0.2, 0.25) is 5.91 Å². The quantitative estimate of drug-likeness (QED) is 0.591. The van der Waals surface area contributed by atoms with Crippen LogP contribution >= 0.6 is 0 Å². The Labute approximate surface area is 171 Å². The van der Waals surface area contributed by atoms with E-state index in [-0.39, 0.29) is 5.91 Å². The van der Waals surface area contributed by atoms with Crippen LogP contribution in [0.1, 0.15) is 31.9 Å². The van der Waals surface area contributed by atoms with E-state index in [0.717, 1.165) is 50.5 Å². The molecule has 1 aromatic heterocycles. The lowest BCUT2D eigenvalue weighted by Gasteiger charge is -2.29. The molecule has 0 bridgehead atoms. The third-order valence-corrected chi connectivity index (χ3v) is 4.66. The Morgan fingerprint density at radius 2 is 1.97 bits per heavy atom. The molecule has 0 atom stereocenters. The molecule has 0 radical (unpaired) electrons. The Balaban J connectivity index is 1.65. The first-order valence-electron chi connectivity index (χ1n) is 10.0. The highest BCUT2D eigenvalue weighted by Crippen LogP contribution is 2.20. The van der Waals surface area contributed by atoms with Gasteiger partial charge in [0.15, 0.2) is 0 Å². The Hall–Kier alpha value is -2.29. The number of fused-ring (bicyclic) bond motifs is 1. The van der Waals surface area contributed by atoms with Gasteiger partial charge in [-0.05, 0) is 38.5 Å². The van der Waals surface area contributed by atoms with Crippen molar-refractivity contribution in [2.45, 2.75) is 32.9 Å². The third-order valence-electron chi connectivity index (χ3n) is 4.66. The molecule has 8 nitrogen and oxygen atoms in total. The number of anilines is 1. The van der Waals surface area contributed by atoms with E-state index in [4.69, 9.17) is 9.47 Å². The lowest BCUT2D eigenvalue weighted by molar-refractivity contribution is -0.148. The molecule has 3 heterocycles. The van der Waals surface area contributed by atoms with Gasteiger partial charge in [-0.3, -0.25) is 14.6 Å². The second-order valence-corrected chi connectivity index (χ2v) is 8.36. The summed E-state index contributed by atoms with van der Waals surface area (Å²) in [6, 6.07) is 1.95. The number of rotatable bonds is 5. The number of hydrogen-bond donors (Lipinski definition) is 1. The van der Waals surface area contributed by atoms with Crippen molar-refractivity contribution in [2.24, 2.45) is 0 Å². The van der Waals surface area contributed by atoms with E-state index in [0.29, 0.717) is 18.9 Å². The first-order chi connectivity index (χ1) is 13.8. The van der Waals surface area contributed by atoms with Crippen molar-refractivity contribution >= 4 is 23.8 Å². The van der Waals surface area contributed by atoms with E-state index >= 15 is 0 Å². The fourth-order valence-electron chi connectivity index (χ4n) is 3.29. The van der Waals surface area contributed by atoms with Crippen LogP contribution < -0.4 is 5.32 Å². The molecule has 1 aromatic rings. The maximum absolute atomic E-state index is 12.2. The van der Waals surface area contributed by atoms with E-state index in [2.05, 4.69) is 20.1 Å². The Morgan fingerprint density at radius 3 is 2.69 bits per heavy atom. The zero-order valence-corrected chi connectivity index (χ0v) is 17.4. The minimum atomic E-state index is -0.529. The fourth-order valence-corrected chi connectivity index (χ4v) is 3.29. The van der Waals surface area contributed by atoms with Crippen LogP contribution in [0.4, 0.5) is 5.82 Å². The number of amides is 1. The molecule has 8 heteroatoms. The normalized spacial score (nSPS) is 18.9. The summed E-state index contributed by atoms with van der Waals surface area (Å²) in [7, 11) is 0. The van der Waals surface area contributed by atoms with Crippen LogP contribution in [0.15, 0.2) is 18.3 Å². The fraction of sp³-hybridized carbons (Fsp3) is 0.571. The molecule has 2 aliphatic heterocycles. The van der Waals surface area contributed by atoms with Gasteiger partial charge < -0.3 is 14.8 Å². The highest BCUT2D eigenvalue weighted by atomic mass is 16.6. The molecule has 29 heavy (non-hydrogen) atoms. The van der Waals surface area contributed by atoms with Crippen LogP contribution in [0.3, 0.4) is 0 Å². The summed E-state index contributed by atoms with van der Waals surface area (Å²) in [5.74, 6) is 0.126. The maximum Gasteiger partial charge on any atom is 0.331 e. The van der Waals surface area contributed by atoms with E-state index in [1.807, 2.05) is 26.8 Å². The minimum absolute atomic E-state index is 0.0599. The summed E-state index contributed by atoms with van der Waals surface area (Å²) in [4.78, 5) is 33.0. The molecule has 0 unspecified atom stereocenters. The standard InChI is InChI=1S/C21H30N4O4/c1-21(2,3)29-19(27)5-4-16-12-17-14-25(7-6-24-8-10-28-11-9-24)15-18(26)23-20(17)22-13-16/h4-5,12-13H,6-11,14-15H2,1-3H3,(H,22,23,26). The molecule has 1 fully saturated rings. The van der Waals surface area contributed by atoms with Gasteiger partial charge in [-0.2, -0.15) is 0 Å². The number of ether oxygens (including phenoxy) is 2. The van der Waals surface area contributed by atoms with Crippen molar-refractivity contribution in [2.75, 3.05) is 51.3 Å². The monoisotopic (exact) mass is 402 g/mol. The minimum Gasteiger partial charge on any atom is -0.457 e. The van der Waals surface area contributed by atoms with Crippen molar-refractivity contribution in [3.63, 3.8) is 0 Å². The number of pyridine rings is 1. The van der Waals surface area contributed by atoms with Crippen molar-refractivity contribution in [1.82, 2.24) is 14.8 Å². The number of morpholine rings is 1. The molecule has 2 aliphatic rings. The van der Waals surface area contributed by atoms with Crippen molar-refractivity contribution in [3.8, 4) is 0 Å².